The average molecular weight is 249 g/mol. The van der Waals surface area contributed by atoms with Gasteiger partial charge in [0, 0.05) is 12.2 Å². The van der Waals surface area contributed by atoms with E-state index in [4.69, 9.17) is 0 Å². The van der Waals surface area contributed by atoms with E-state index in [1.54, 1.807) is 0 Å². The Kier molecular flexibility index (Phi) is 5.69. The molecule has 0 aliphatic carbocycles. The van der Waals surface area contributed by atoms with Gasteiger partial charge in [0.1, 0.15) is 6.04 Å². The zero-order valence-electron chi connectivity index (χ0n) is 11.5. The van der Waals surface area contributed by atoms with E-state index in [2.05, 4.69) is 19.9 Å². The van der Waals surface area contributed by atoms with E-state index in [1.165, 1.54) is 5.56 Å². The zero-order chi connectivity index (χ0) is 13.5. The summed E-state index contributed by atoms with van der Waals surface area (Å²) in [6.45, 7) is 6.89. The van der Waals surface area contributed by atoms with Crippen LogP contribution in [0.25, 0.3) is 0 Å². The van der Waals surface area contributed by atoms with E-state index in [9.17, 15) is 9.90 Å². The Bertz CT molecular complexity index is 390. The molecule has 1 aromatic rings. The molecule has 100 valence electrons. The third-order valence-electron chi connectivity index (χ3n) is 3.19. The van der Waals surface area contributed by atoms with Crippen molar-refractivity contribution in [3.8, 4) is 0 Å². The molecule has 3 nitrogen and oxygen atoms in total. The summed E-state index contributed by atoms with van der Waals surface area (Å²) in [7, 11) is 0. The molecule has 0 aromatic heterocycles. The van der Waals surface area contributed by atoms with Crippen LogP contribution in [0.4, 0.5) is 5.69 Å². The van der Waals surface area contributed by atoms with Crippen LogP contribution in [0.1, 0.15) is 39.2 Å². The zero-order valence-corrected chi connectivity index (χ0v) is 11.5. The number of para-hydroxylation sites is 1. The first kappa shape index (κ1) is 14.6. The maximum atomic E-state index is 11.4. The monoisotopic (exact) mass is 249 g/mol. The molecule has 1 aromatic carbocycles. The number of hydrogen-bond donors (Lipinski definition) is 1. The number of anilines is 1. The molecule has 0 unspecified atom stereocenters. The minimum absolute atomic E-state index is 0.433. The summed E-state index contributed by atoms with van der Waals surface area (Å²) in [5, 5.41) is 9.35. The van der Waals surface area contributed by atoms with Crippen molar-refractivity contribution in [3.05, 3.63) is 29.8 Å². The molecule has 0 aliphatic rings. The van der Waals surface area contributed by atoms with Crippen LogP contribution in [0, 0.1) is 0 Å². The molecule has 1 atom stereocenters. The molecule has 0 saturated heterocycles. The second-order valence-corrected chi connectivity index (χ2v) is 4.44. The Labute approximate surface area is 109 Å². The van der Waals surface area contributed by atoms with Crippen molar-refractivity contribution in [2.45, 2.75) is 46.1 Å². The molecule has 0 amide bonds. The van der Waals surface area contributed by atoms with Crippen LogP contribution >= 0.6 is 0 Å². The van der Waals surface area contributed by atoms with E-state index in [1.807, 2.05) is 30.0 Å². The predicted octanol–water partition coefficient (Wildman–Crippen LogP) is 3.33. The standard InChI is InChI=1S/C15H23NO2/c1-4-11-16(13(6-3)15(17)18)14-10-8-7-9-12(14)5-2/h7-10,13H,4-6,11H2,1-3H3,(H,17,18)/t13-/m0/s1. The molecular weight excluding hydrogens is 226 g/mol. The fourth-order valence-corrected chi connectivity index (χ4v) is 2.30. The Morgan fingerprint density at radius 3 is 2.44 bits per heavy atom. The van der Waals surface area contributed by atoms with Crippen molar-refractivity contribution < 1.29 is 9.90 Å². The number of aliphatic carboxylic acids is 1. The number of carboxylic acid groups (broad SMARTS) is 1. The lowest BCUT2D eigenvalue weighted by molar-refractivity contribution is -0.138. The summed E-state index contributed by atoms with van der Waals surface area (Å²) in [6, 6.07) is 7.66. The smallest absolute Gasteiger partial charge is 0.326 e. The van der Waals surface area contributed by atoms with Crippen molar-refractivity contribution in [1.82, 2.24) is 0 Å². The van der Waals surface area contributed by atoms with Gasteiger partial charge in [-0.3, -0.25) is 0 Å². The Morgan fingerprint density at radius 1 is 1.28 bits per heavy atom. The maximum Gasteiger partial charge on any atom is 0.326 e. The predicted molar refractivity (Wildman–Crippen MR) is 75.2 cm³/mol. The number of carbonyl (C=O) groups is 1. The largest absolute Gasteiger partial charge is 0.480 e. The van der Waals surface area contributed by atoms with Gasteiger partial charge in [-0.05, 0) is 30.9 Å². The molecule has 0 radical (unpaired) electrons. The van der Waals surface area contributed by atoms with Gasteiger partial charge in [-0.1, -0.05) is 39.0 Å². The summed E-state index contributed by atoms with van der Waals surface area (Å²) < 4.78 is 0. The van der Waals surface area contributed by atoms with Gasteiger partial charge in [-0.2, -0.15) is 0 Å². The average Bonchev–Trinajstić information content (AvgIpc) is 2.38. The van der Waals surface area contributed by atoms with Gasteiger partial charge < -0.3 is 10.0 Å². The highest BCUT2D eigenvalue weighted by atomic mass is 16.4. The van der Waals surface area contributed by atoms with Crippen LogP contribution in [0.15, 0.2) is 24.3 Å². The lowest BCUT2D eigenvalue weighted by Crippen LogP contribution is -2.42. The molecule has 0 spiro atoms. The van der Waals surface area contributed by atoms with Gasteiger partial charge in [0.25, 0.3) is 0 Å². The number of rotatable bonds is 7. The summed E-state index contributed by atoms with van der Waals surface area (Å²) in [6.07, 6.45) is 2.49. The van der Waals surface area contributed by atoms with Crippen LogP contribution in [0.2, 0.25) is 0 Å². The van der Waals surface area contributed by atoms with Crippen molar-refractivity contribution in [2.24, 2.45) is 0 Å². The number of carboxylic acids is 1. The lowest BCUT2D eigenvalue weighted by Gasteiger charge is -2.31. The minimum atomic E-state index is -0.739. The topological polar surface area (TPSA) is 40.5 Å². The van der Waals surface area contributed by atoms with E-state index < -0.39 is 12.0 Å². The number of aryl methyl sites for hydroxylation is 1. The van der Waals surface area contributed by atoms with Crippen LogP contribution in [-0.4, -0.2) is 23.7 Å². The molecule has 1 N–H and O–H groups in total. The van der Waals surface area contributed by atoms with Crippen LogP contribution in [0.5, 0.6) is 0 Å². The fraction of sp³-hybridized carbons (Fsp3) is 0.533. The molecule has 0 fully saturated rings. The molecule has 0 heterocycles. The van der Waals surface area contributed by atoms with Gasteiger partial charge >= 0.3 is 5.97 Å². The molecule has 1 rings (SSSR count). The molecule has 3 heteroatoms. The van der Waals surface area contributed by atoms with E-state index >= 15 is 0 Å². The molecular formula is C15H23NO2. The summed E-state index contributed by atoms with van der Waals surface area (Å²) in [5.41, 5.74) is 2.28. The van der Waals surface area contributed by atoms with Crippen molar-refractivity contribution in [2.75, 3.05) is 11.4 Å². The first-order valence-corrected chi connectivity index (χ1v) is 6.72. The Hall–Kier alpha value is -1.51. The molecule has 0 bridgehead atoms. The van der Waals surface area contributed by atoms with Gasteiger partial charge in [0.05, 0.1) is 0 Å². The highest BCUT2D eigenvalue weighted by Crippen LogP contribution is 2.24. The summed E-state index contributed by atoms with van der Waals surface area (Å²) >= 11 is 0. The minimum Gasteiger partial charge on any atom is -0.480 e. The van der Waals surface area contributed by atoms with Crippen LogP contribution in [-0.2, 0) is 11.2 Å². The molecule has 0 aliphatic heterocycles. The van der Waals surface area contributed by atoms with Crippen molar-refractivity contribution in [3.63, 3.8) is 0 Å². The third kappa shape index (κ3) is 3.25. The van der Waals surface area contributed by atoms with Crippen molar-refractivity contribution in [1.29, 1.82) is 0 Å². The fourth-order valence-electron chi connectivity index (χ4n) is 2.30. The first-order valence-electron chi connectivity index (χ1n) is 6.72. The normalized spacial score (nSPS) is 12.2. The molecule has 18 heavy (non-hydrogen) atoms. The lowest BCUT2D eigenvalue weighted by atomic mass is 10.1. The van der Waals surface area contributed by atoms with Crippen LogP contribution in [0.3, 0.4) is 0 Å². The van der Waals surface area contributed by atoms with Gasteiger partial charge in [0.2, 0.25) is 0 Å². The van der Waals surface area contributed by atoms with Gasteiger partial charge in [-0.15, -0.1) is 0 Å². The number of nitrogens with zero attached hydrogens (tertiary/aromatic N) is 1. The maximum absolute atomic E-state index is 11.4. The molecule has 0 saturated carbocycles. The highest BCUT2D eigenvalue weighted by molar-refractivity contribution is 5.78. The third-order valence-corrected chi connectivity index (χ3v) is 3.19. The SMILES string of the molecule is CCCN(c1ccccc1CC)[C@@H](CC)C(=O)O. The summed E-state index contributed by atoms with van der Waals surface area (Å²) in [5.74, 6) is -0.739. The second kappa shape index (κ2) is 7.04. The Balaban J connectivity index is 3.13. The number of benzene rings is 1. The first-order chi connectivity index (χ1) is 8.65. The highest BCUT2D eigenvalue weighted by Gasteiger charge is 2.24. The van der Waals surface area contributed by atoms with Crippen molar-refractivity contribution >= 4 is 11.7 Å². The van der Waals surface area contributed by atoms with E-state index in [0.717, 1.165) is 25.1 Å². The number of hydrogen-bond acceptors (Lipinski definition) is 2. The van der Waals surface area contributed by atoms with Gasteiger partial charge in [-0.25, -0.2) is 4.79 Å². The Morgan fingerprint density at radius 2 is 1.94 bits per heavy atom. The van der Waals surface area contributed by atoms with Crippen LogP contribution < -0.4 is 4.90 Å². The van der Waals surface area contributed by atoms with Gasteiger partial charge in [0.15, 0.2) is 0 Å². The van der Waals surface area contributed by atoms with E-state index in [0.29, 0.717) is 6.42 Å². The second-order valence-electron chi connectivity index (χ2n) is 4.44. The summed E-state index contributed by atoms with van der Waals surface area (Å²) in [4.78, 5) is 13.4. The quantitative estimate of drug-likeness (QED) is 0.805. The van der Waals surface area contributed by atoms with E-state index in [-0.39, 0.29) is 0 Å².